The Morgan fingerprint density at radius 1 is 1.24 bits per heavy atom. The molecule has 3 heteroatoms. The molecule has 17 heavy (non-hydrogen) atoms. The van der Waals surface area contributed by atoms with E-state index in [-0.39, 0.29) is 11.6 Å². The molecular weight excluding hydrogens is 212 g/mol. The van der Waals surface area contributed by atoms with Gasteiger partial charge in [-0.25, -0.2) is 0 Å². The summed E-state index contributed by atoms with van der Waals surface area (Å²) in [5.41, 5.74) is 1.03. The lowest BCUT2D eigenvalue weighted by Gasteiger charge is -2.28. The molecule has 0 bridgehead atoms. The van der Waals surface area contributed by atoms with Crippen molar-refractivity contribution in [3.8, 4) is 5.75 Å². The van der Waals surface area contributed by atoms with Crippen LogP contribution in [0.2, 0.25) is 0 Å². The molecule has 0 aliphatic rings. The zero-order valence-corrected chi connectivity index (χ0v) is 11.5. The average molecular weight is 236 g/mol. The van der Waals surface area contributed by atoms with E-state index in [9.17, 15) is 0 Å². The maximum atomic E-state index is 5.79. The fourth-order valence-corrected chi connectivity index (χ4v) is 1.78. The standard InChI is InChI=1S/C14H24N2O/c1-11(2)17-13-9-7-6-8-12(13)16-14(3,4)10-15-5/h6-9,11,15-16H,10H2,1-5H3. The van der Waals surface area contributed by atoms with Gasteiger partial charge in [-0.1, -0.05) is 12.1 Å². The molecule has 1 aromatic carbocycles. The van der Waals surface area contributed by atoms with E-state index < -0.39 is 0 Å². The Bertz CT molecular complexity index is 348. The second-order valence-corrected chi connectivity index (χ2v) is 5.20. The third kappa shape index (κ3) is 4.65. The smallest absolute Gasteiger partial charge is 0.142 e. The Kier molecular flexibility index (Phi) is 4.82. The molecular formula is C14H24N2O. The molecule has 3 nitrogen and oxygen atoms in total. The minimum absolute atomic E-state index is 0.00874. The van der Waals surface area contributed by atoms with Crippen molar-refractivity contribution in [3.05, 3.63) is 24.3 Å². The number of benzene rings is 1. The summed E-state index contributed by atoms with van der Waals surface area (Å²) in [5.74, 6) is 0.909. The molecule has 1 aromatic rings. The number of para-hydroxylation sites is 2. The fraction of sp³-hybridized carbons (Fsp3) is 0.571. The zero-order chi connectivity index (χ0) is 12.9. The molecule has 0 saturated carbocycles. The molecule has 0 unspecified atom stereocenters. The number of hydrogen-bond donors (Lipinski definition) is 2. The molecule has 0 amide bonds. The van der Waals surface area contributed by atoms with Crippen LogP contribution in [0.1, 0.15) is 27.7 Å². The van der Waals surface area contributed by atoms with E-state index >= 15 is 0 Å². The number of ether oxygens (including phenoxy) is 1. The highest BCUT2D eigenvalue weighted by Gasteiger charge is 2.18. The number of anilines is 1. The summed E-state index contributed by atoms with van der Waals surface area (Å²) >= 11 is 0. The van der Waals surface area contributed by atoms with Gasteiger partial charge in [-0.05, 0) is 46.9 Å². The summed E-state index contributed by atoms with van der Waals surface area (Å²) in [4.78, 5) is 0. The first-order chi connectivity index (χ1) is 7.94. The first-order valence-electron chi connectivity index (χ1n) is 6.13. The van der Waals surface area contributed by atoms with Crippen molar-refractivity contribution in [2.24, 2.45) is 0 Å². The maximum absolute atomic E-state index is 5.79. The topological polar surface area (TPSA) is 33.3 Å². The van der Waals surface area contributed by atoms with Crippen molar-refractivity contribution in [2.75, 3.05) is 18.9 Å². The Labute approximate surface area is 105 Å². The molecule has 96 valence electrons. The monoisotopic (exact) mass is 236 g/mol. The van der Waals surface area contributed by atoms with Gasteiger partial charge < -0.3 is 15.4 Å². The highest BCUT2D eigenvalue weighted by atomic mass is 16.5. The number of nitrogens with one attached hydrogen (secondary N) is 2. The van der Waals surface area contributed by atoms with Gasteiger partial charge in [0.25, 0.3) is 0 Å². The molecule has 0 fully saturated rings. The summed E-state index contributed by atoms with van der Waals surface area (Å²) in [6.45, 7) is 9.29. The lowest BCUT2D eigenvalue weighted by atomic mass is 10.1. The van der Waals surface area contributed by atoms with Crippen molar-refractivity contribution in [1.29, 1.82) is 0 Å². The molecule has 0 aliphatic carbocycles. The third-order valence-corrected chi connectivity index (χ3v) is 2.34. The third-order valence-electron chi connectivity index (χ3n) is 2.34. The van der Waals surface area contributed by atoms with Crippen LogP contribution < -0.4 is 15.4 Å². The van der Waals surface area contributed by atoms with Crippen molar-refractivity contribution >= 4 is 5.69 Å². The Hall–Kier alpha value is -1.22. The minimum Gasteiger partial charge on any atom is -0.489 e. The zero-order valence-electron chi connectivity index (χ0n) is 11.5. The van der Waals surface area contributed by atoms with E-state index in [2.05, 4.69) is 30.5 Å². The summed E-state index contributed by atoms with van der Waals surface area (Å²) in [6.07, 6.45) is 0.186. The van der Waals surface area contributed by atoms with Gasteiger partial charge in [0.05, 0.1) is 11.8 Å². The summed E-state index contributed by atoms with van der Waals surface area (Å²) in [5, 5.41) is 6.69. The van der Waals surface area contributed by atoms with Gasteiger partial charge in [-0.15, -0.1) is 0 Å². The van der Waals surface area contributed by atoms with E-state index in [1.54, 1.807) is 0 Å². The van der Waals surface area contributed by atoms with Gasteiger partial charge in [0.2, 0.25) is 0 Å². The van der Waals surface area contributed by atoms with Crippen LogP contribution in [0, 0.1) is 0 Å². The summed E-state index contributed by atoms with van der Waals surface area (Å²) in [6, 6.07) is 8.06. The normalized spacial score (nSPS) is 11.6. The van der Waals surface area contributed by atoms with E-state index in [4.69, 9.17) is 4.74 Å². The molecule has 0 atom stereocenters. The van der Waals surface area contributed by atoms with Crippen LogP contribution in [0.25, 0.3) is 0 Å². The molecule has 2 N–H and O–H groups in total. The average Bonchev–Trinajstić information content (AvgIpc) is 2.19. The van der Waals surface area contributed by atoms with Crippen LogP contribution >= 0.6 is 0 Å². The molecule has 0 aliphatic heterocycles. The first kappa shape index (κ1) is 13.8. The van der Waals surface area contributed by atoms with Crippen LogP contribution in [-0.4, -0.2) is 25.2 Å². The largest absolute Gasteiger partial charge is 0.489 e. The highest BCUT2D eigenvalue weighted by molar-refractivity contribution is 5.57. The quantitative estimate of drug-likeness (QED) is 0.797. The molecule has 0 radical (unpaired) electrons. The van der Waals surface area contributed by atoms with Crippen LogP contribution in [-0.2, 0) is 0 Å². The molecule has 0 saturated heterocycles. The highest BCUT2D eigenvalue weighted by Crippen LogP contribution is 2.27. The molecule has 0 heterocycles. The van der Waals surface area contributed by atoms with Crippen molar-refractivity contribution in [2.45, 2.75) is 39.3 Å². The van der Waals surface area contributed by atoms with Gasteiger partial charge in [0, 0.05) is 12.1 Å². The number of hydrogen-bond acceptors (Lipinski definition) is 3. The Balaban J connectivity index is 2.82. The lowest BCUT2D eigenvalue weighted by molar-refractivity contribution is 0.243. The molecule has 0 spiro atoms. The SMILES string of the molecule is CNCC(C)(C)Nc1ccccc1OC(C)C. The Morgan fingerprint density at radius 2 is 1.88 bits per heavy atom. The second-order valence-electron chi connectivity index (χ2n) is 5.20. The maximum Gasteiger partial charge on any atom is 0.142 e. The van der Waals surface area contributed by atoms with Crippen molar-refractivity contribution in [1.82, 2.24) is 5.32 Å². The predicted molar refractivity (Wildman–Crippen MR) is 73.8 cm³/mol. The van der Waals surface area contributed by atoms with Gasteiger partial charge in [0.1, 0.15) is 5.75 Å². The van der Waals surface area contributed by atoms with Crippen LogP contribution in [0.15, 0.2) is 24.3 Å². The van der Waals surface area contributed by atoms with E-state index in [0.29, 0.717) is 0 Å². The van der Waals surface area contributed by atoms with Crippen LogP contribution in [0.4, 0.5) is 5.69 Å². The lowest BCUT2D eigenvalue weighted by Crippen LogP contribution is -2.40. The minimum atomic E-state index is -0.00874. The predicted octanol–water partition coefficient (Wildman–Crippen LogP) is 2.88. The number of rotatable bonds is 6. The first-order valence-corrected chi connectivity index (χ1v) is 6.13. The van der Waals surface area contributed by atoms with Gasteiger partial charge in [-0.2, -0.15) is 0 Å². The second kappa shape index (κ2) is 5.92. The Morgan fingerprint density at radius 3 is 2.47 bits per heavy atom. The van der Waals surface area contributed by atoms with E-state index in [0.717, 1.165) is 18.0 Å². The molecule has 1 rings (SSSR count). The van der Waals surface area contributed by atoms with Crippen molar-refractivity contribution < 1.29 is 4.74 Å². The van der Waals surface area contributed by atoms with E-state index in [1.807, 2.05) is 39.1 Å². The van der Waals surface area contributed by atoms with Crippen LogP contribution in [0.3, 0.4) is 0 Å². The van der Waals surface area contributed by atoms with Crippen LogP contribution in [0.5, 0.6) is 5.75 Å². The van der Waals surface area contributed by atoms with E-state index in [1.165, 1.54) is 0 Å². The number of likely N-dealkylation sites (N-methyl/N-ethyl adjacent to an activating group) is 1. The summed E-state index contributed by atoms with van der Waals surface area (Å²) < 4.78 is 5.79. The fourth-order valence-electron chi connectivity index (χ4n) is 1.78. The van der Waals surface area contributed by atoms with Gasteiger partial charge in [0.15, 0.2) is 0 Å². The van der Waals surface area contributed by atoms with Gasteiger partial charge in [-0.3, -0.25) is 0 Å². The van der Waals surface area contributed by atoms with Gasteiger partial charge >= 0.3 is 0 Å². The molecule has 0 aromatic heterocycles. The van der Waals surface area contributed by atoms with Crippen molar-refractivity contribution in [3.63, 3.8) is 0 Å². The summed E-state index contributed by atoms with van der Waals surface area (Å²) in [7, 11) is 1.96.